The van der Waals surface area contributed by atoms with Gasteiger partial charge in [0.1, 0.15) is 5.56 Å². The van der Waals surface area contributed by atoms with Crippen molar-refractivity contribution in [3.63, 3.8) is 0 Å². The summed E-state index contributed by atoms with van der Waals surface area (Å²) in [5.41, 5.74) is 2.37. The monoisotopic (exact) mass is 353 g/mol. The van der Waals surface area contributed by atoms with Crippen molar-refractivity contribution in [2.24, 2.45) is 0 Å². The molecule has 0 amide bonds. The Morgan fingerprint density at radius 2 is 1.96 bits per heavy atom. The Hall–Kier alpha value is -3.29. The number of hydrogen-bond acceptors (Lipinski definition) is 7. The van der Waals surface area contributed by atoms with Crippen LogP contribution in [0.25, 0.3) is 10.9 Å². The van der Waals surface area contributed by atoms with Gasteiger partial charge in [0.25, 0.3) is 5.56 Å². The molecule has 0 aliphatic rings. The zero-order valence-corrected chi connectivity index (χ0v) is 15.0. The first-order chi connectivity index (χ1) is 12.4. The van der Waals surface area contributed by atoms with Crippen molar-refractivity contribution < 1.29 is 9.53 Å². The van der Waals surface area contributed by atoms with Crippen molar-refractivity contribution in [3.05, 3.63) is 51.1 Å². The molecule has 3 rings (SSSR count). The number of aromatic amines is 1. The molecule has 0 aliphatic carbocycles. The van der Waals surface area contributed by atoms with Crippen molar-refractivity contribution in [3.8, 4) is 0 Å². The van der Waals surface area contributed by atoms with E-state index in [1.54, 1.807) is 6.92 Å². The molecule has 0 saturated carbocycles. The van der Waals surface area contributed by atoms with Crippen LogP contribution in [0.3, 0.4) is 0 Å². The van der Waals surface area contributed by atoms with Gasteiger partial charge in [-0.3, -0.25) is 15.1 Å². The van der Waals surface area contributed by atoms with Crippen LogP contribution in [-0.4, -0.2) is 33.0 Å². The second kappa shape index (κ2) is 6.91. The normalized spacial score (nSPS) is 10.8. The lowest BCUT2D eigenvalue weighted by atomic mass is 10.1. The van der Waals surface area contributed by atoms with Gasteiger partial charge in [-0.05, 0) is 38.0 Å². The second-order valence-electron chi connectivity index (χ2n) is 5.83. The third-order valence-corrected chi connectivity index (χ3v) is 4.08. The van der Waals surface area contributed by atoms with Crippen LogP contribution in [0.4, 0.5) is 11.9 Å². The maximum Gasteiger partial charge on any atom is 0.345 e. The summed E-state index contributed by atoms with van der Waals surface area (Å²) in [5.74, 6) is -0.260. The van der Waals surface area contributed by atoms with Crippen molar-refractivity contribution in [2.45, 2.75) is 27.2 Å². The average Bonchev–Trinajstić information content (AvgIpc) is 2.60. The highest BCUT2D eigenvalue weighted by Gasteiger charge is 2.17. The van der Waals surface area contributed by atoms with E-state index in [0.29, 0.717) is 5.95 Å². The highest BCUT2D eigenvalue weighted by Crippen LogP contribution is 2.20. The van der Waals surface area contributed by atoms with Crippen LogP contribution in [0.15, 0.2) is 23.0 Å². The maximum absolute atomic E-state index is 12.1. The molecule has 0 unspecified atom stereocenters. The number of benzene rings is 1. The van der Waals surface area contributed by atoms with Gasteiger partial charge < -0.3 is 4.74 Å². The lowest BCUT2D eigenvalue weighted by molar-refractivity contribution is 0.0597. The van der Waals surface area contributed by atoms with E-state index in [1.807, 2.05) is 19.1 Å². The van der Waals surface area contributed by atoms with Crippen molar-refractivity contribution in [1.82, 2.24) is 19.9 Å². The molecule has 1 aromatic carbocycles. The first-order valence-corrected chi connectivity index (χ1v) is 8.16. The van der Waals surface area contributed by atoms with Crippen LogP contribution in [0.2, 0.25) is 0 Å². The number of rotatable bonds is 4. The Kier molecular flexibility index (Phi) is 4.66. The Morgan fingerprint density at radius 1 is 1.19 bits per heavy atom. The van der Waals surface area contributed by atoms with E-state index in [-0.39, 0.29) is 17.2 Å². The molecular weight excluding hydrogens is 334 g/mol. The highest BCUT2D eigenvalue weighted by molar-refractivity contribution is 5.90. The van der Waals surface area contributed by atoms with Crippen LogP contribution in [0, 0.1) is 13.8 Å². The van der Waals surface area contributed by atoms with Gasteiger partial charge in [-0.25, -0.2) is 19.7 Å². The predicted molar refractivity (Wildman–Crippen MR) is 97.9 cm³/mol. The number of ether oxygens (including phenoxy) is 1. The summed E-state index contributed by atoms with van der Waals surface area (Å²) in [6.45, 7) is 5.55. The number of esters is 1. The maximum atomic E-state index is 12.1. The number of aromatic nitrogens is 4. The molecule has 3 aromatic rings. The Labute approximate surface area is 149 Å². The quantitative estimate of drug-likeness (QED) is 0.693. The first-order valence-electron chi connectivity index (χ1n) is 8.16. The van der Waals surface area contributed by atoms with Gasteiger partial charge in [0.15, 0.2) is 0 Å². The topological polar surface area (TPSA) is 110 Å². The largest absolute Gasteiger partial charge is 0.465 e. The van der Waals surface area contributed by atoms with Gasteiger partial charge in [0.2, 0.25) is 11.9 Å². The lowest BCUT2D eigenvalue weighted by Gasteiger charge is -2.09. The number of carbonyl (C=O) groups excluding carboxylic acids is 1. The molecule has 0 radical (unpaired) electrons. The molecule has 0 fully saturated rings. The number of nitrogens with zero attached hydrogens (tertiary/aromatic N) is 3. The summed E-state index contributed by atoms with van der Waals surface area (Å²) < 4.78 is 4.59. The van der Waals surface area contributed by atoms with Crippen LogP contribution in [-0.2, 0) is 11.2 Å². The van der Waals surface area contributed by atoms with Crippen molar-refractivity contribution in [2.75, 3.05) is 12.4 Å². The molecule has 26 heavy (non-hydrogen) atoms. The number of hydrogen-bond donors (Lipinski definition) is 2. The lowest BCUT2D eigenvalue weighted by Crippen LogP contribution is -2.23. The van der Waals surface area contributed by atoms with Crippen LogP contribution in [0.1, 0.15) is 34.2 Å². The Bertz CT molecular complexity index is 1060. The number of aryl methyl sites for hydroxylation is 3. The van der Waals surface area contributed by atoms with E-state index >= 15 is 0 Å². The molecule has 0 bridgehead atoms. The van der Waals surface area contributed by atoms with Crippen molar-refractivity contribution in [1.29, 1.82) is 0 Å². The van der Waals surface area contributed by atoms with E-state index in [2.05, 4.69) is 43.0 Å². The third-order valence-electron chi connectivity index (χ3n) is 4.08. The molecule has 0 aliphatic heterocycles. The van der Waals surface area contributed by atoms with Crippen LogP contribution >= 0.6 is 0 Å². The number of fused-ring (bicyclic) bond motifs is 1. The fourth-order valence-electron chi connectivity index (χ4n) is 2.70. The molecule has 8 heteroatoms. The van der Waals surface area contributed by atoms with Crippen LogP contribution < -0.4 is 10.9 Å². The van der Waals surface area contributed by atoms with E-state index in [9.17, 15) is 9.59 Å². The number of methoxy groups -OCH3 is 1. The highest BCUT2D eigenvalue weighted by atomic mass is 16.5. The van der Waals surface area contributed by atoms with Gasteiger partial charge in [-0.2, -0.15) is 0 Å². The Morgan fingerprint density at radius 3 is 2.62 bits per heavy atom. The predicted octanol–water partition coefficient (Wildman–Crippen LogP) is 2.42. The van der Waals surface area contributed by atoms with Gasteiger partial charge >= 0.3 is 5.97 Å². The molecule has 0 spiro atoms. The van der Waals surface area contributed by atoms with E-state index in [4.69, 9.17) is 0 Å². The minimum atomic E-state index is -0.729. The zero-order valence-electron chi connectivity index (χ0n) is 15.0. The zero-order chi connectivity index (χ0) is 18.8. The minimum Gasteiger partial charge on any atom is -0.465 e. The third kappa shape index (κ3) is 3.26. The number of nitrogens with one attached hydrogen (secondary N) is 2. The SMILES string of the molecule is CCc1ccc2nc(Nc3nc(C)c(C(=O)OC)c(=O)[nH]3)nc(C)c2c1. The van der Waals surface area contributed by atoms with Gasteiger partial charge in [-0.1, -0.05) is 13.0 Å². The molecule has 0 saturated heterocycles. The molecule has 134 valence electrons. The summed E-state index contributed by atoms with van der Waals surface area (Å²) in [5, 5.41) is 3.87. The van der Waals surface area contributed by atoms with E-state index in [0.717, 1.165) is 23.0 Å². The molecule has 2 heterocycles. The summed E-state index contributed by atoms with van der Waals surface area (Å²) in [7, 11) is 1.21. The summed E-state index contributed by atoms with van der Waals surface area (Å²) >= 11 is 0. The first kappa shape index (κ1) is 17.5. The number of carbonyl (C=O) groups is 1. The molecular formula is C18H19N5O3. The molecule has 2 aromatic heterocycles. The van der Waals surface area contributed by atoms with Gasteiger partial charge in [0, 0.05) is 5.39 Å². The van der Waals surface area contributed by atoms with E-state index in [1.165, 1.54) is 12.7 Å². The smallest absolute Gasteiger partial charge is 0.345 e. The molecule has 8 nitrogen and oxygen atoms in total. The molecule has 0 atom stereocenters. The molecule has 2 N–H and O–H groups in total. The number of H-pyrrole nitrogens is 1. The standard InChI is InChI=1S/C18H19N5O3/c1-5-11-6-7-13-12(8-11)9(2)19-17(21-13)23-18-20-10(3)14(15(24)22-18)16(25)26-4/h6-8H,5H2,1-4H3,(H2,19,20,21,22,23,24). The van der Waals surface area contributed by atoms with E-state index < -0.39 is 11.5 Å². The summed E-state index contributed by atoms with van der Waals surface area (Å²) in [4.78, 5) is 39.4. The van der Waals surface area contributed by atoms with Gasteiger partial charge in [0.05, 0.1) is 24.0 Å². The Balaban J connectivity index is 1.99. The second-order valence-corrected chi connectivity index (χ2v) is 5.83. The fraction of sp³-hybridized carbons (Fsp3) is 0.278. The van der Waals surface area contributed by atoms with Crippen molar-refractivity contribution >= 4 is 28.8 Å². The number of anilines is 2. The summed E-state index contributed by atoms with van der Waals surface area (Å²) in [6.07, 6.45) is 0.937. The minimum absolute atomic E-state index is 0.124. The van der Waals surface area contributed by atoms with Crippen LogP contribution in [0.5, 0.6) is 0 Å². The average molecular weight is 353 g/mol. The van der Waals surface area contributed by atoms with Gasteiger partial charge in [-0.15, -0.1) is 0 Å². The fourth-order valence-corrected chi connectivity index (χ4v) is 2.70. The summed E-state index contributed by atoms with van der Waals surface area (Å²) in [6, 6.07) is 6.04.